The lowest BCUT2D eigenvalue weighted by atomic mass is 10.1. The summed E-state index contributed by atoms with van der Waals surface area (Å²) in [6.45, 7) is 0. The van der Waals surface area contributed by atoms with Crippen molar-refractivity contribution in [2.75, 3.05) is 7.11 Å². The Morgan fingerprint density at radius 3 is 2.23 bits per heavy atom. The topological polar surface area (TPSA) is 39.9 Å². The summed E-state index contributed by atoms with van der Waals surface area (Å²) in [6, 6.07) is 0.978. The molecular formula is C10H5ClF7N3O. The number of aromatic nitrogens is 3. The number of hydrogen-bond donors (Lipinski definition) is 0. The van der Waals surface area contributed by atoms with Crippen LogP contribution in [0.2, 0.25) is 5.02 Å². The first-order chi connectivity index (χ1) is 9.93. The molecule has 22 heavy (non-hydrogen) atoms. The van der Waals surface area contributed by atoms with E-state index in [1.807, 2.05) is 0 Å². The molecule has 0 saturated heterocycles. The summed E-state index contributed by atoms with van der Waals surface area (Å²) in [5.74, 6) is -14.0. The van der Waals surface area contributed by atoms with E-state index in [1.165, 1.54) is 0 Å². The van der Waals surface area contributed by atoms with Crippen LogP contribution in [-0.2, 0) is 5.92 Å². The molecule has 0 spiro atoms. The molecule has 0 N–H and O–H groups in total. The maximum Gasteiger partial charge on any atom is 0.460 e. The van der Waals surface area contributed by atoms with Gasteiger partial charge in [-0.05, 0) is 6.07 Å². The SMILES string of the molecule is COn1c(C(F)(F)C(F)(F)C(F)(F)F)nc2ncc(Cl)cc21. The maximum absolute atomic E-state index is 13.7. The van der Waals surface area contributed by atoms with Crippen molar-refractivity contribution in [3.8, 4) is 0 Å². The van der Waals surface area contributed by atoms with E-state index in [1.54, 1.807) is 0 Å². The minimum atomic E-state index is -6.49. The predicted molar refractivity (Wildman–Crippen MR) is 59.9 cm³/mol. The Labute approximate surface area is 122 Å². The first-order valence-electron chi connectivity index (χ1n) is 5.34. The van der Waals surface area contributed by atoms with Gasteiger partial charge in [0.25, 0.3) is 0 Å². The average molecular weight is 352 g/mol. The van der Waals surface area contributed by atoms with E-state index in [4.69, 9.17) is 11.6 Å². The van der Waals surface area contributed by atoms with Crippen molar-refractivity contribution in [1.29, 1.82) is 0 Å². The van der Waals surface area contributed by atoms with Crippen LogP contribution >= 0.6 is 11.6 Å². The summed E-state index contributed by atoms with van der Waals surface area (Å²) < 4.78 is 90.3. The van der Waals surface area contributed by atoms with Crippen LogP contribution in [0.4, 0.5) is 30.7 Å². The quantitative estimate of drug-likeness (QED) is 0.795. The first kappa shape index (κ1) is 16.6. The van der Waals surface area contributed by atoms with Gasteiger partial charge in [0.2, 0.25) is 5.82 Å². The molecule has 0 saturated carbocycles. The van der Waals surface area contributed by atoms with Gasteiger partial charge >= 0.3 is 18.0 Å². The Morgan fingerprint density at radius 1 is 1.14 bits per heavy atom. The number of nitrogens with zero attached hydrogens (tertiary/aromatic N) is 3. The van der Waals surface area contributed by atoms with Crippen LogP contribution in [0, 0.1) is 0 Å². The molecule has 2 aromatic rings. The van der Waals surface area contributed by atoms with Gasteiger partial charge in [-0.3, -0.25) is 0 Å². The largest absolute Gasteiger partial charge is 0.460 e. The van der Waals surface area contributed by atoms with Crippen LogP contribution in [0.15, 0.2) is 12.3 Å². The monoisotopic (exact) mass is 351 g/mol. The van der Waals surface area contributed by atoms with Crippen LogP contribution < -0.4 is 4.84 Å². The molecule has 0 aliphatic carbocycles. The molecule has 122 valence electrons. The minimum absolute atomic E-state index is 0.0217. The van der Waals surface area contributed by atoms with Crippen LogP contribution in [0.1, 0.15) is 5.82 Å². The molecule has 0 aromatic carbocycles. The fourth-order valence-corrected chi connectivity index (χ4v) is 1.77. The molecule has 2 aromatic heterocycles. The normalized spacial score (nSPS) is 13.7. The molecule has 0 amide bonds. The van der Waals surface area contributed by atoms with Crippen LogP contribution in [0.3, 0.4) is 0 Å². The van der Waals surface area contributed by atoms with E-state index in [2.05, 4.69) is 14.8 Å². The van der Waals surface area contributed by atoms with Crippen molar-refractivity contribution in [1.82, 2.24) is 14.7 Å². The number of hydrogen-bond acceptors (Lipinski definition) is 3. The van der Waals surface area contributed by atoms with Crippen LogP contribution in [0.25, 0.3) is 11.2 Å². The third-order valence-electron chi connectivity index (χ3n) is 2.65. The highest BCUT2D eigenvalue weighted by Crippen LogP contribution is 2.51. The Kier molecular flexibility index (Phi) is 3.67. The molecule has 0 atom stereocenters. The zero-order valence-electron chi connectivity index (χ0n) is 10.4. The molecule has 12 heteroatoms. The van der Waals surface area contributed by atoms with Gasteiger partial charge in [0.1, 0.15) is 12.6 Å². The zero-order chi connectivity index (χ0) is 16.9. The predicted octanol–water partition coefficient (Wildman–Crippen LogP) is 3.43. The summed E-state index contributed by atoms with van der Waals surface area (Å²) in [6.07, 6.45) is -5.53. The van der Waals surface area contributed by atoms with Crippen LogP contribution in [-0.4, -0.2) is 33.9 Å². The number of pyridine rings is 1. The molecule has 2 heterocycles. The summed E-state index contributed by atoms with van der Waals surface area (Å²) in [5.41, 5.74) is -0.915. The molecule has 4 nitrogen and oxygen atoms in total. The fraction of sp³-hybridized carbons (Fsp3) is 0.400. The summed E-state index contributed by atoms with van der Waals surface area (Å²) >= 11 is 5.56. The van der Waals surface area contributed by atoms with Gasteiger partial charge in [-0.25, -0.2) is 9.97 Å². The number of imidazole rings is 1. The second-order valence-electron chi connectivity index (χ2n) is 4.06. The van der Waals surface area contributed by atoms with Crippen molar-refractivity contribution in [2.45, 2.75) is 18.0 Å². The summed E-state index contributed by atoms with van der Waals surface area (Å²) in [5, 5.41) is -0.0804. The highest BCUT2D eigenvalue weighted by molar-refractivity contribution is 6.31. The van der Waals surface area contributed by atoms with E-state index < -0.39 is 29.5 Å². The molecule has 0 radical (unpaired) electrons. The zero-order valence-corrected chi connectivity index (χ0v) is 11.2. The van der Waals surface area contributed by atoms with Gasteiger partial charge in [0, 0.05) is 6.20 Å². The van der Waals surface area contributed by atoms with Crippen molar-refractivity contribution >= 4 is 22.8 Å². The molecule has 0 aliphatic heterocycles. The van der Waals surface area contributed by atoms with Gasteiger partial charge in [0.05, 0.1) is 5.02 Å². The van der Waals surface area contributed by atoms with Gasteiger partial charge < -0.3 is 4.84 Å². The fourth-order valence-electron chi connectivity index (χ4n) is 1.62. The van der Waals surface area contributed by atoms with Gasteiger partial charge in [-0.1, -0.05) is 11.6 Å². The Balaban J connectivity index is 2.73. The summed E-state index contributed by atoms with van der Waals surface area (Å²) in [4.78, 5) is 10.9. The second-order valence-corrected chi connectivity index (χ2v) is 4.49. The van der Waals surface area contributed by atoms with E-state index in [9.17, 15) is 30.7 Å². The standard InChI is InChI=1S/C10H5ClF7N3O/c1-22-21-5-2-4(11)3-19-6(5)20-7(21)8(12,13)9(14,15)10(16,17)18/h2-3H,1H3. The number of halogens is 8. The smallest absolute Gasteiger partial charge is 0.415 e. The van der Waals surface area contributed by atoms with Gasteiger partial charge in [-0.15, -0.1) is 0 Å². The van der Waals surface area contributed by atoms with Crippen molar-refractivity contribution in [2.24, 2.45) is 0 Å². The highest BCUT2D eigenvalue weighted by Gasteiger charge is 2.75. The average Bonchev–Trinajstić information content (AvgIpc) is 2.75. The molecule has 2 rings (SSSR count). The third kappa shape index (κ3) is 2.23. The van der Waals surface area contributed by atoms with Crippen LogP contribution in [0.5, 0.6) is 0 Å². The molecule has 0 fully saturated rings. The van der Waals surface area contributed by atoms with E-state index in [-0.39, 0.29) is 15.3 Å². The minimum Gasteiger partial charge on any atom is -0.415 e. The lowest BCUT2D eigenvalue weighted by molar-refractivity contribution is -0.362. The van der Waals surface area contributed by atoms with Crippen molar-refractivity contribution < 1.29 is 35.6 Å². The lowest BCUT2D eigenvalue weighted by Gasteiger charge is -2.27. The van der Waals surface area contributed by atoms with Gasteiger partial charge in [0.15, 0.2) is 5.65 Å². The Hall–Kier alpha value is -1.78. The van der Waals surface area contributed by atoms with Crippen molar-refractivity contribution in [3.05, 3.63) is 23.1 Å². The molecular weight excluding hydrogens is 347 g/mol. The lowest BCUT2D eigenvalue weighted by Crippen LogP contribution is -2.51. The highest BCUT2D eigenvalue weighted by atomic mass is 35.5. The Bertz CT molecular complexity index is 712. The molecule has 0 aliphatic rings. The third-order valence-corrected chi connectivity index (χ3v) is 2.86. The number of fused-ring (bicyclic) bond motifs is 1. The Morgan fingerprint density at radius 2 is 1.73 bits per heavy atom. The van der Waals surface area contributed by atoms with Gasteiger partial charge in [-0.2, -0.15) is 35.5 Å². The molecule has 0 unspecified atom stereocenters. The first-order valence-corrected chi connectivity index (χ1v) is 5.72. The molecule has 0 bridgehead atoms. The second kappa shape index (κ2) is 4.86. The summed E-state index contributed by atoms with van der Waals surface area (Å²) in [7, 11) is 0.785. The van der Waals surface area contributed by atoms with E-state index in [0.717, 1.165) is 19.4 Å². The maximum atomic E-state index is 13.7. The van der Waals surface area contributed by atoms with E-state index in [0.29, 0.717) is 0 Å². The van der Waals surface area contributed by atoms with Crippen molar-refractivity contribution in [3.63, 3.8) is 0 Å². The van der Waals surface area contributed by atoms with E-state index >= 15 is 0 Å². The number of alkyl halides is 7. The number of rotatable bonds is 3.